The van der Waals surface area contributed by atoms with Crippen LogP contribution in [0, 0.1) is 5.82 Å². The van der Waals surface area contributed by atoms with Crippen molar-refractivity contribution in [2.45, 2.75) is 25.4 Å². The molecule has 1 saturated heterocycles. The number of benzene rings is 1. The van der Waals surface area contributed by atoms with Crippen molar-refractivity contribution in [3.8, 4) is 0 Å². The molecule has 0 N–H and O–H groups in total. The van der Waals surface area contributed by atoms with E-state index in [1.165, 1.54) is 12.8 Å². The third kappa shape index (κ3) is 3.53. The number of likely N-dealkylation sites (tertiary alicyclic amines) is 1. The van der Waals surface area contributed by atoms with Gasteiger partial charge in [-0.05, 0) is 45.6 Å². The first kappa shape index (κ1) is 14.0. The fourth-order valence-electron chi connectivity index (χ4n) is 2.60. The van der Waals surface area contributed by atoms with Gasteiger partial charge in [-0.2, -0.15) is 0 Å². The Kier molecular flexibility index (Phi) is 4.76. The number of hydrogen-bond acceptors (Lipinski definition) is 2. The minimum atomic E-state index is -0.111. The molecule has 0 aromatic heterocycles. The second-order valence-electron chi connectivity index (χ2n) is 5.26. The molecule has 1 aromatic carbocycles. The van der Waals surface area contributed by atoms with Crippen LogP contribution in [0.1, 0.15) is 18.4 Å². The predicted molar refractivity (Wildman–Crippen MR) is 76.1 cm³/mol. The summed E-state index contributed by atoms with van der Waals surface area (Å²) in [6.07, 6.45) is 2.44. The first-order valence-electron chi connectivity index (χ1n) is 6.39. The molecule has 0 saturated carbocycles. The number of rotatable bonds is 4. The molecule has 100 valence electrons. The summed E-state index contributed by atoms with van der Waals surface area (Å²) < 4.78 is 14.6. The number of nitrogens with zero attached hydrogens (tertiary/aromatic N) is 2. The van der Waals surface area contributed by atoms with Crippen LogP contribution in [0.4, 0.5) is 4.39 Å². The van der Waals surface area contributed by atoms with Crippen LogP contribution < -0.4 is 0 Å². The molecule has 0 spiro atoms. The van der Waals surface area contributed by atoms with Crippen LogP contribution in [0.2, 0.25) is 0 Å². The summed E-state index contributed by atoms with van der Waals surface area (Å²) in [5.41, 5.74) is 0.795. The van der Waals surface area contributed by atoms with Crippen LogP contribution in [-0.2, 0) is 6.54 Å². The lowest BCUT2D eigenvalue weighted by Crippen LogP contribution is -2.37. The highest BCUT2D eigenvalue weighted by Crippen LogP contribution is 2.23. The van der Waals surface area contributed by atoms with Crippen LogP contribution in [0.25, 0.3) is 0 Å². The summed E-state index contributed by atoms with van der Waals surface area (Å²) >= 11 is 3.29. The van der Waals surface area contributed by atoms with Gasteiger partial charge in [0.25, 0.3) is 0 Å². The average molecular weight is 315 g/mol. The Balaban J connectivity index is 2.03. The van der Waals surface area contributed by atoms with Gasteiger partial charge in [0.05, 0.1) is 0 Å². The molecule has 0 amide bonds. The van der Waals surface area contributed by atoms with Crippen LogP contribution >= 0.6 is 15.9 Å². The highest BCUT2D eigenvalue weighted by Gasteiger charge is 2.25. The second-order valence-corrected chi connectivity index (χ2v) is 6.18. The van der Waals surface area contributed by atoms with Gasteiger partial charge in [0.2, 0.25) is 0 Å². The lowest BCUT2D eigenvalue weighted by Gasteiger charge is -2.27. The molecular weight excluding hydrogens is 295 g/mol. The average Bonchev–Trinajstić information content (AvgIpc) is 2.69. The zero-order valence-corrected chi connectivity index (χ0v) is 12.6. The lowest BCUT2D eigenvalue weighted by molar-refractivity contribution is 0.199. The Morgan fingerprint density at radius 2 is 2.22 bits per heavy atom. The van der Waals surface area contributed by atoms with Crippen molar-refractivity contribution in [2.75, 3.05) is 27.2 Å². The maximum atomic E-state index is 13.8. The van der Waals surface area contributed by atoms with Crippen molar-refractivity contribution < 1.29 is 4.39 Å². The van der Waals surface area contributed by atoms with Gasteiger partial charge < -0.3 is 4.90 Å². The van der Waals surface area contributed by atoms with E-state index in [-0.39, 0.29) is 5.82 Å². The molecule has 1 unspecified atom stereocenters. The SMILES string of the molecule is CN(C)CC1CCCN1Cc1ccc(Br)cc1F. The molecule has 1 fully saturated rings. The van der Waals surface area contributed by atoms with Gasteiger partial charge in [-0.25, -0.2) is 4.39 Å². The summed E-state index contributed by atoms with van der Waals surface area (Å²) in [7, 11) is 4.19. The summed E-state index contributed by atoms with van der Waals surface area (Å²) in [6.45, 7) is 2.85. The van der Waals surface area contributed by atoms with E-state index in [0.29, 0.717) is 6.04 Å². The minimum Gasteiger partial charge on any atom is -0.308 e. The number of halogens is 2. The van der Waals surface area contributed by atoms with Crippen molar-refractivity contribution in [3.05, 3.63) is 34.1 Å². The van der Waals surface area contributed by atoms with E-state index < -0.39 is 0 Å². The Bertz CT molecular complexity index is 409. The monoisotopic (exact) mass is 314 g/mol. The molecule has 1 heterocycles. The van der Waals surface area contributed by atoms with Crippen molar-refractivity contribution in [1.82, 2.24) is 9.80 Å². The van der Waals surface area contributed by atoms with Gasteiger partial charge in [0.15, 0.2) is 0 Å². The Morgan fingerprint density at radius 3 is 2.89 bits per heavy atom. The molecule has 1 aliphatic heterocycles. The van der Waals surface area contributed by atoms with Crippen molar-refractivity contribution >= 4 is 15.9 Å². The van der Waals surface area contributed by atoms with Crippen LogP contribution in [0.5, 0.6) is 0 Å². The minimum absolute atomic E-state index is 0.111. The maximum Gasteiger partial charge on any atom is 0.128 e. The molecule has 1 aliphatic rings. The molecule has 0 aliphatic carbocycles. The van der Waals surface area contributed by atoms with E-state index in [4.69, 9.17) is 0 Å². The van der Waals surface area contributed by atoms with E-state index in [2.05, 4.69) is 39.8 Å². The van der Waals surface area contributed by atoms with Crippen LogP contribution in [0.15, 0.2) is 22.7 Å². The van der Waals surface area contributed by atoms with Crippen molar-refractivity contribution in [2.24, 2.45) is 0 Å². The normalized spacial score (nSPS) is 20.8. The summed E-state index contributed by atoms with van der Waals surface area (Å²) in [4.78, 5) is 4.60. The largest absolute Gasteiger partial charge is 0.308 e. The van der Waals surface area contributed by atoms with Crippen LogP contribution in [0.3, 0.4) is 0 Å². The first-order chi connectivity index (χ1) is 8.56. The molecule has 4 heteroatoms. The standard InChI is InChI=1S/C14H20BrFN2/c1-17(2)10-13-4-3-7-18(13)9-11-5-6-12(15)8-14(11)16/h5-6,8,13H,3-4,7,9-10H2,1-2H3. The molecule has 1 atom stereocenters. The fourth-order valence-corrected chi connectivity index (χ4v) is 2.93. The Hall–Kier alpha value is -0.450. The van der Waals surface area contributed by atoms with Gasteiger partial charge in [-0.3, -0.25) is 4.90 Å². The highest BCUT2D eigenvalue weighted by atomic mass is 79.9. The molecule has 1 aromatic rings. The molecule has 18 heavy (non-hydrogen) atoms. The maximum absolute atomic E-state index is 13.8. The second kappa shape index (κ2) is 6.13. The molecule has 2 rings (SSSR count). The molecule has 2 nitrogen and oxygen atoms in total. The molecule has 0 radical (unpaired) electrons. The van der Waals surface area contributed by atoms with Gasteiger partial charge in [0.1, 0.15) is 5.82 Å². The first-order valence-corrected chi connectivity index (χ1v) is 7.18. The zero-order valence-electron chi connectivity index (χ0n) is 11.0. The molecule has 0 bridgehead atoms. The smallest absolute Gasteiger partial charge is 0.128 e. The van der Waals surface area contributed by atoms with Gasteiger partial charge in [-0.15, -0.1) is 0 Å². The van der Waals surface area contributed by atoms with Crippen molar-refractivity contribution in [1.29, 1.82) is 0 Å². The Morgan fingerprint density at radius 1 is 1.44 bits per heavy atom. The van der Waals surface area contributed by atoms with E-state index in [0.717, 1.165) is 29.7 Å². The Labute approximate surface area is 117 Å². The highest BCUT2D eigenvalue weighted by molar-refractivity contribution is 9.10. The zero-order chi connectivity index (χ0) is 13.1. The summed E-state index contributed by atoms with van der Waals surface area (Å²) in [5, 5.41) is 0. The number of likely N-dealkylation sites (N-methyl/N-ethyl adjacent to an activating group) is 1. The van der Waals surface area contributed by atoms with Crippen LogP contribution in [-0.4, -0.2) is 43.0 Å². The number of hydrogen-bond donors (Lipinski definition) is 0. The summed E-state index contributed by atoms with van der Waals surface area (Å²) in [5.74, 6) is -0.111. The van der Waals surface area contributed by atoms with E-state index in [1.807, 2.05) is 12.1 Å². The van der Waals surface area contributed by atoms with Crippen molar-refractivity contribution in [3.63, 3.8) is 0 Å². The lowest BCUT2D eigenvalue weighted by atomic mass is 10.1. The van der Waals surface area contributed by atoms with Gasteiger partial charge in [-0.1, -0.05) is 22.0 Å². The molecular formula is C14H20BrFN2. The van der Waals surface area contributed by atoms with E-state index in [9.17, 15) is 4.39 Å². The van der Waals surface area contributed by atoms with E-state index >= 15 is 0 Å². The van der Waals surface area contributed by atoms with Gasteiger partial charge >= 0.3 is 0 Å². The third-order valence-corrected chi connectivity index (χ3v) is 3.96. The third-order valence-electron chi connectivity index (χ3n) is 3.46. The quantitative estimate of drug-likeness (QED) is 0.842. The topological polar surface area (TPSA) is 6.48 Å². The predicted octanol–water partition coefficient (Wildman–Crippen LogP) is 3.11. The van der Waals surface area contributed by atoms with E-state index in [1.54, 1.807) is 6.07 Å². The fraction of sp³-hybridized carbons (Fsp3) is 0.571. The summed E-state index contributed by atoms with van der Waals surface area (Å²) in [6, 6.07) is 5.90. The van der Waals surface area contributed by atoms with Gasteiger partial charge in [0, 0.05) is 29.2 Å².